The van der Waals surface area contributed by atoms with E-state index in [0.717, 1.165) is 85.6 Å². The van der Waals surface area contributed by atoms with E-state index in [4.69, 9.17) is 14.0 Å². The van der Waals surface area contributed by atoms with Gasteiger partial charge in [0.1, 0.15) is 0 Å². The van der Waals surface area contributed by atoms with E-state index < -0.39 is 0 Å². The third kappa shape index (κ3) is 6.77. The molecule has 37 heavy (non-hydrogen) atoms. The van der Waals surface area contributed by atoms with Gasteiger partial charge in [0.25, 0.3) is 0 Å². The maximum Gasteiger partial charge on any atom is 0.172 e. The highest BCUT2D eigenvalue weighted by molar-refractivity contribution is 5.89. The molecule has 3 aromatic rings. The average Bonchev–Trinajstić information content (AvgIpc) is 3.59. The first kappa shape index (κ1) is 27.3. The van der Waals surface area contributed by atoms with Gasteiger partial charge in [-0.05, 0) is 88.1 Å². The van der Waals surface area contributed by atoms with E-state index in [9.17, 15) is 5.26 Å². The van der Waals surface area contributed by atoms with Crippen molar-refractivity contribution in [3.8, 4) is 17.2 Å². The highest BCUT2D eigenvalue weighted by Gasteiger charge is 2.25. The van der Waals surface area contributed by atoms with Gasteiger partial charge in [0.15, 0.2) is 11.9 Å². The molecular formula is C30H40N4O3. The number of benzene rings is 2. The van der Waals surface area contributed by atoms with Crippen LogP contribution in [0.2, 0.25) is 0 Å². The van der Waals surface area contributed by atoms with Crippen LogP contribution in [-0.4, -0.2) is 68.2 Å². The zero-order chi connectivity index (χ0) is 26.2. The summed E-state index contributed by atoms with van der Waals surface area (Å²) < 4.78 is 17.2. The summed E-state index contributed by atoms with van der Waals surface area (Å²) in [6, 6.07) is 14.3. The Bertz CT molecular complexity index is 1190. The summed E-state index contributed by atoms with van der Waals surface area (Å²) in [6.45, 7) is 9.27. The number of fused-ring (bicyclic) bond motifs is 1. The Kier molecular flexibility index (Phi) is 9.70. The minimum absolute atomic E-state index is 0.0447. The van der Waals surface area contributed by atoms with Crippen LogP contribution >= 0.6 is 0 Å². The van der Waals surface area contributed by atoms with Crippen LogP contribution in [0.1, 0.15) is 49.9 Å². The molecule has 7 nitrogen and oxygen atoms in total. The number of hydrogen-bond donors (Lipinski definition) is 0. The number of aromatic nitrogens is 1. The van der Waals surface area contributed by atoms with Gasteiger partial charge in [-0.3, -0.25) is 4.90 Å². The normalized spacial score (nSPS) is 17.2. The first-order valence-corrected chi connectivity index (χ1v) is 13.6. The fourth-order valence-corrected chi connectivity index (χ4v) is 5.31. The van der Waals surface area contributed by atoms with Crippen molar-refractivity contribution in [2.24, 2.45) is 5.92 Å². The molecule has 0 atom stereocenters. The maximum atomic E-state index is 9.34. The number of nitriles is 1. The zero-order valence-electron chi connectivity index (χ0n) is 22.7. The van der Waals surface area contributed by atoms with E-state index >= 15 is 0 Å². The highest BCUT2D eigenvalue weighted by atomic mass is 16.7. The third-order valence-electron chi connectivity index (χ3n) is 7.19. The van der Waals surface area contributed by atoms with E-state index in [1.54, 1.807) is 0 Å². The minimum atomic E-state index is -0.0447. The van der Waals surface area contributed by atoms with Gasteiger partial charge in [0.2, 0.25) is 0 Å². The van der Waals surface area contributed by atoms with Crippen molar-refractivity contribution in [3.63, 3.8) is 0 Å². The number of ether oxygens (including phenoxy) is 2. The van der Waals surface area contributed by atoms with Crippen molar-refractivity contribution >= 4 is 11.0 Å². The average molecular weight is 505 g/mol. The number of rotatable bonds is 8. The van der Waals surface area contributed by atoms with Crippen molar-refractivity contribution < 1.29 is 14.0 Å². The Balaban J connectivity index is 0.00000156. The number of aryl methyl sites for hydroxylation is 1. The van der Waals surface area contributed by atoms with Gasteiger partial charge in [0.05, 0.1) is 30.5 Å². The molecule has 2 saturated heterocycles. The molecule has 0 amide bonds. The summed E-state index contributed by atoms with van der Waals surface area (Å²) in [7, 11) is 4.12. The van der Waals surface area contributed by atoms with Crippen LogP contribution in [0.25, 0.3) is 22.1 Å². The lowest BCUT2D eigenvalue weighted by Crippen LogP contribution is -2.39. The second kappa shape index (κ2) is 13.2. The van der Waals surface area contributed by atoms with Crippen LogP contribution in [0.15, 0.2) is 40.9 Å². The molecule has 2 aromatic carbocycles. The molecular weight excluding hydrogens is 464 g/mol. The van der Waals surface area contributed by atoms with E-state index in [0.29, 0.717) is 11.5 Å². The van der Waals surface area contributed by atoms with Crippen molar-refractivity contribution in [2.45, 2.75) is 52.4 Å². The largest absolute Gasteiger partial charge is 0.356 e. The van der Waals surface area contributed by atoms with Gasteiger partial charge < -0.3 is 18.9 Å². The van der Waals surface area contributed by atoms with Gasteiger partial charge in [-0.2, -0.15) is 5.26 Å². The predicted octanol–water partition coefficient (Wildman–Crippen LogP) is 5.47. The quantitative estimate of drug-likeness (QED) is 0.403. The lowest BCUT2D eigenvalue weighted by Gasteiger charge is -2.32. The molecule has 0 N–H and O–H groups in total. The monoisotopic (exact) mass is 504 g/mol. The lowest BCUT2D eigenvalue weighted by molar-refractivity contribution is -0.0661. The smallest absolute Gasteiger partial charge is 0.172 e. The van der Waals surface area contributed by atoms with Crippen molar-refractivity contribution in [1.29, 1.82) is 5.26 Å². The molecule has 5 rings (SSSR count). The Labute approximate surface area is 220 Å². The standard InChI is InChI=1S/C28H34N4O3.C2H6/c1-31(2)18-25-23(22-5-3-4-21(16-22)17-29)7-8-24-26(30-35-28(24)25)9-6-20-10-12-32(13-11-20)19-27-33-14-15-34-27;1-2/h3-5,7-8,16,20,27H,6,9-15,18-19H2,1-2H3;1-2H3. The highest BCUT2D eigenvalue weighted by Crippen LogP contribution is 2.34. The molecule has 198 valence electrons. The molecule has 2 aliphatic heterocycles. The van der Waals surface area contributed by atoms with Crippen LogP contribution in [0, 0.1) is 17.2 Å². The first-order chi connectivity index (χ1) is 18.1. The molecule has 0 saturated carbocycles. The Hall–Kier alpha value is -2.76. The molecule has 7 heteroatoms. The summed E-state index contributed by atoms with van der Waals surface area (Å²) in [5.41, 5.74) is 5.80. The zero-order valence-corrected chi connectivity index (χ0v) is 22.7. The molecule has 3 heterocycles. The molecule has 0 radical (unpaired) electrons. The van der Waals surface area contributed by atoms with Crippen LogP contribution in [0.5, 0.6) is 0 Å². The topological polar surface area (TPSA) is 74.8 Å². The Morgan fingerprint density at radius 2 is 1.84 bits per heavy atom. The fourth-order valence-electron chi connectivity index (χ4n) is 5.31. The van der Waals surface area contributed by atoms with Gasteiger partial charge >= 0.3 is 0 Å². The van der Waals surface area contributed by atoms with E-state index in [-0.39, 0.29) is 6.29 Å². The predicted molar refractivity (Wildman–Crippen MR) is 146 cm³/mol. The Morgan fingerprint density at radius 1 is 1.08 bits per heavy atom. The fraction of sp³-hybridized carbons (Fsp3) is 0.533. The number of piperidine rings is 1. The number of likely N-dealkylation sites (tertiary alicyclic amines) is 1. The summed E-state index contributed by atoms with van der Waals surface area (Å²) in [5, 5.41) is 15.0. The van der Waals surface area contributed by atoms with Crippen LogP contribution in [-0.2, 0) is 22.4 Å². The Morgan fingerprint density at radius 3 is 2.54 bits per heavy atom. The molecule has 0 unspecified atom stereocenters. The molecule has 1 aromatic heterocycles. The van der Waals surface area contributed by atoms with E-state index in [2.05, 4.69) is 53.3 Å². The van der Waals surface area contributed by atoms with Gasteiger partial charge in [-0.25, -0.2) is 0 Å². The van der Waals surface area contributed by atoms with Crippen LogP contribution < -0.4 is 0 Å². The minimum Gasteiger partial charge on any atom is -0.356 e. The van der Waals surface area contributed by atoms with Crippen molar-refractivity contribution in [3.05, 3.63) is 53.2 Å². The molecule has 2 aliphatic rings. The summed E-state index contributed by atoms with van der Waals surface area (Å²) >= 11 is 0. The van der Waals surface area contributed by atoms with Crippen molar-refractivity contribution in [2.75, 3.05) is 46.9 Å². The van der Waals surface area contributed by atoms with Gasteiger partial charge in [-0.1, -0.05) is 37.2 Å². The summed E-state index contributed by atoms with van der Waals surface area (Å²) in [6.07, 6.45) is 4.41. The SMILES string of the molecule is CC.CN(C)Cc1c(-c2cccc(C#N)c2)ccc2c(CCC3CCN(CC4OCCO4)CC3)noc12. The molecule has 0 aliphatic carbocycles. The van der Waals surface area contributed by atoms with Crippen LogP contribution in [0.4, 0.5) is 0 Å². The number of nitrogens with zero attached hydrogens (tertiary/aromatic N) is 4. The molecule has 0 bridgehead atoms. The van der Waals surface area contributed by atoms with E-state index in [1.165, 1.54) is 12.8 Å². The van der Waals surface area contributed by atoms with Crippen LogP contribution in [0.3, 0.4) is 0 Å². The summed E-state index contributed by atoms with van der Waals surface area (Å²) in [5.74, 6) is 0.706. The first-order valence-electron chi connectivity index (χ1n) is 13.6. The van der Waals surface area contributed by atoms with Gasteiger partial charge in [-0.15, -0.1) is 0 Å². The third-order valence-corrected chi connectivity index (χ3v) is 7.19. The molecule has 2 fully saturated rings. The molecule has 0 spiro atoms. The van der Waals surface area contributed by atoms with Crippen molar-refractivity contribution in [1.82, 2.24) is 15.0 Å². The summed E-state index contributed by atoms with van der Waals surface area (Å²) in [4.78, 5) is 4.61. The lowest BCUT2D eigenvalue weighted by atomic mass is 9.90. The van der Waals surface area contributed by atoms with E-state index in [1.807, 2.05) is 32.0 Å². The second-order valence-corrected chi connectivity index (χ2v) is 9.98. The van der Waals surface area contributed by atoms with Gasteiger partial charge in [0, 0.05) is 24.0 Å². The maximum absolute atomic E-state index is 9.34. The second-order valence-electron chi connectivity index (χ2n) is 9.98. The number of hydrogen-bond acceptors (Lipinski definition) is 7.